The zero-order valence-electron chi connectivity index (χ0n) is 9.27. The maximum absolute atomic E-state index is 5.57. The zero-order chi connectivity index (χ0) is 11.4. The standard InChI is InChI=1S/C13H15N3/c1-10-3-2-4-12(7-10)16-9-13-6-5-11(14)8-15-13/h2-8,16H,9,14H2,1H3. The molecule has 0 aliphatic carbocycles. The first-order valence-electron chi connectivity index (χ1n) is 5.25. The van der Waals surface area contributed by atoms with Crippen molar-refractivity contribution in [1.29, 1.82) is 0 Å². The van der Waals surface area contributed by atoms with Gasteiger partial charge in [0.1, 0.15) is 0 Å². The largest absolute Gasteiger partial charge is 0.397 e. The Morgan fingerprint density at radius 3 is 2.81 bits per heavy atom. The SMILES string of the molecule is Cc1cccc(NCc2ccc(N)cn2)c1. The molecule has 0 spiro atoms. The van der Waals surface area contributed by atoms with Crippen LogP contribution in [-0.4, -0.2) is 4.98 Å². The van der Waals surface area contributed by atoms with Crippen LogP contribution in [0.2, 0.25) is 0 Å². The molecule has 0 aliphatic heterocycles. The fourth-order valence-corrected chi connectivity index (χ4v) is 1.49. The molecule has 3 heteroatoms. The van der Waals surface area contributed by atoms with Gasteiger partial charge in [-0.15, -0.1) is 0 Å². The quantitative estimate of drug-likeness (QED) is 0.824. The van der Waals surface area contributed by atoms with Crippen molar-refractivity contribution in [3.05, 3.63) is 53.9 Å². The van der Waals surface area contributed by atoms with Crippen LogP contribution in [0.4, 0.5) is 11.4 Å². The molecule has 16 heavy (non-hydrogen) atoms. The van der Waals surface area contributed by atoms with Gasteiger partial charge in [0.25, 0.3) is 0 Å². The van der Waals surface area contributed by atoms with Crippen molar-refractivity contribution in [2.75, 3.05) is 11.1 Å². The molecule has 0 amide bonds. The van der Waals surface area contributed by atoms with Crippen LogP contribution in [0.5, 0.6) is 0 Å². The Balaban J connectivity index is 1.99. The number of anilines is 2. The maximum atomic E-state index is 5.57. The van der Waals surface area contributed by atoms with Gasteiger partial charge in [-0.25, -0.2) is 0 Å². The van der Waals surface area contributed by atoms with E-state index in [2.05, 4.69) is 29.4 Å². The van der Waals surface area contributed by atoms with E-state index in [0.717, 1.165) is 11.4 Å². The second kappa shape index (κ2) is 4.66. The molecular weight excluding hydrogens is 198 g/mol. The minimum atomic E-state index is 0.694. The van der Waals surface area contributed by atoms with Crippen LogP contribution in [0.15, 0.2) is 42.6 Å². The molecule has 0 saturated heterocycles. The van der Waals surface area contributed by atoms with Crippen LogP contribution < -0.4 is 11.1 Å². The average molecular weight is 213 g/mol. The Kier molecular flexibility index (Phi) is 3.05. The van der Waals surface area contributed by atoms with E-state index in [1.807, 2.05) is 24.3 Å². The first-order valence-corrected chi connectivity index (χ1v) is 5.25. The highest BCUT2D eigenvalue weighted by Gasteiger charge is 1.95. The molecule has 0 radical (unpaired) electrons. The molecule has 1 aromatic carbocycles. The van der Waals surface area contributed by atoms with Crippen LogP contribution in [0.1, 0.15) is 11.3 Å². The van der Waals surface area contributed by atoms with Crippen LogP contribution in [0.25, 0.3) is 0 Å². The third-order valence-electron chi connectivity index (χ3n) is 2.34. The van der Waals surface area contributed by atoms with Crippen LogP contribution >= 0.6 is 0 Å². The van der Waals surface area contributed by atoms with E-state index < -0.39 is 0 Å². The highest BCUT2D eigenvalue weighted by Crippen LogP contribution is 2.11. The minimum Gasteiger partial charge on any atom is -0.397 e. The molecule has 1 aromatic heterocycles. The number of nitrogens with zero attached hydrogens (tertiary/aromatic N) is 1. The highest BCUT2D eigenvalue weighted by atomic mass is 14.9. The number of aromatic nitrogens is 1. The number of rotatable bonds is 3. The van der Waals surface area contributed by atoms with Crippen molar-refractivity contribution >= 4 is 11.4 Å². The van der Waals surface area contributed by atoms with Gasteiger partial charge in [-0.05, 0) is 36.8 Å². The molecule has 0 atom stereocenters. The van der Waals surface area contributed by atoms with E-state index in [0.29, 0.717) is 12.2 Å². The average Bonchev–Trinajstić information content (AvgIpc) is 2.28. The molecule has 2 rings (SSSR count). The Bertz CT molecular complexity index is 463. The highest BCUT2D eigenvalue weighted by molar-refractivity contribution is 5.45. The summed E-state index contributed by atoms with van der Waals surface area (Å²) in [5, 5.41) is 3.32. The van der Waals surface area contributed by atoms with Crippen molar-refractivity contribution in [2.45, 2.75) is 13.5 Å². The number of aryl methyl sites for hydroxylation is 1. The predicted octanol–water partition coefficient (Wildman–Crippen LogP) is 2.58. The molecule has 3 N–H and O–H groups in total. The molecule has 82 valence electrons. The summed E-state index contributed by atoms with van der Waals surface area (Å²) in [7, 11) is 0. The number of hydrogen-bond donors (Lipinski definition) is 2. The lowest BCUT2D eigenvalue weighted by atomic mass is 10.2. The van der Waals surface area contributed by atoms with E-state index in [9.17, 15) is 0 Å². The van der Waals surface area contributed by atoms with Crippen LogP contribution in [-0.2, 0) is 6.54 Å². The topological polar surface area (TPSA) is 50.9 Å². The molecular formula is C13H15N3. The first-order chi connectivity index (χ1) is 7.74. The second-order valence-electron chi connectivity index (χ2n) is 3.81. The van der Waals surface area contributed by atoms with Crippen LogP contribution in [0.3, 0.4) is 0 Å². The first kappa shape index (κ1) is 10.5. The van der Waals surface area contributed by atoms with Gasteiger partial charge in [0.15, 0.2) is 0 Å². The molecule has 3 nitrogen and oxygen atoms in total. The summed E-state index contributed by atoms with van der Waals surface area (Å²) in [6.07, 6.45) is 1.67. The lowest BCUT2D eigenvalue weighted by Crippen LogP contribution is -2.01. The third kappa shape index (κ3) is 2.73. The molecule has 0 unspecified atom stereocenters. The molecule has 1 heterocycles. The van der Waals surface area contributed by atoms with Gasteiger partial charge in [-0.2, -0.15) is 0 Å². The third-order valence-corrected chi connectivity index (χ3v) is 2.34. The molecule has 0 bridgehead atoms. The van der Waals surface area contributed by atoms with Crippen molar-refractivity contribution in [1.82, 2.24) is 4.98 Å². The summed E-state index contributed by atoms with van der Waals surface area (Å²) in [4.78, 5) is 4.23. The van der Waals surface area contributed by atoms with Gasteiger partial charge in [-0.3, -0.25) is 4.98 Å². The number of nitrogens with one attached hydrogen (secondary N) is 1. The van der Waals surface area contributed by atoms with E-state index in [1.165, 1.54) is 5.56 Å². The summed E-state index contributed by atoms with van der Waals surface area (Å²) < 4.78 is 0. The molecule has 2 aromatic rings. The summed E-state index contributed by atoms with van der Waals surface area (Å²) >= 11 is 0. The second-order valence-corrected chi connectivity index (χ2v) is 3.81. The van der Waals surface area contributed by atoms with Gasteiger partial charge in [-0.1, -0.05) is 12.1 Å². The summed E-state index contributed by atoms with van der Waals surface area (Å²) in [6, 6.07) is 12.1. The lowest BCUT2D eigenvalue weighted by Gasteiger charge is -2.06. The van der Waals surface area contributed by atoms with Crippen molar-refractivity contribution < 1.29 is 0 Å². The number of benzene rings is 1. The number of nitrogen functional groups attached to an aromatic ring is 1. The molecule has 0 aliphatic rings. The zero-order valence-corrected chi connectivity index (χ0v) is 9.27. The lowest BCUT2D eigenvalue weighted by molar-refractivity contribution is 1.05. The van der Waals surface area contributed by atoms with Crippen molar-refractivity contribution in [2.24, 2.45) is 0 Å². The smallest absolute Gasteiger partial charge is 0.0596 e. The fraction of sp³-hybridized carbons (Fsp3) is 0.154. The van der Waals surface area contributed by atoms with Gasteiger partial charge in [0, 0.05) is 5.69 Å². The van der Waals surface area contributed by atoms with E-state index in [1.54, 1.807) is 6.20 Å². The van der Waals surface area contributed by atoms with E-state index in [4.69, 9.17) is 5.73 Å². The van der Waals surface area contributed by atoms with Crippen molar-refractivity contribution in [3.8, 4) is 0 Å². The van der Waals surface area contributed by atoms with Crippen molar-refractivity contribution in [3.63, 3.8) is 0 Å². The number of hydrogen-bond acceptors (Lipinski definition) is 3. The molecule has 0 saturated carbocycles. The summed E-state index contributed by atoms with van der Waals surface area (Å²) in [5.41, 5.74) is 9.60. The van der Waals surface area contributed by atoms with E-state index >= 15 is 0 Å². The normalized spacial score (nSPS) is 10.1. The predicted molar refractivity (Wildman–Crippen MR) is 67.2 cm³/mol. The van der Waals surface area contributed by atoms with Gasteiger partial charge in [0.2, 0.25) is 0 Å². The maximum Gasteiger partial charge on any atom is 0.0596 e. The van der Waals surface area contributed by atoms with Crippen LogP contribution in [0, 0.1) is 6.92 Å². The number of pyridine rings is 1. The fourth-order valence-electron chi connectivity index (χ4n) is 1.49. The molecule has 0 fully saturated rings. The summed E-state index contributed by atoms with van der Waals surface area (Å²) in [5.74, 6) is 0. The number of nitrogens with two attached hydrogens (primary N) is 1. The Labute approximate surface area is 95.3 Å². The summed E-state index contributed by atoms with van der Waals surface area (Å²) in [6.45, 7) is 2.79. The minimum absolute atomic E-state index is 0.694. The Hall–Kier alpha value is -2.03. The Morgan fingerprint density at radius 2 is 2.12 bits per heavy atom. The van der Waals surface area contributed by atoms with Gasteiger partial charge in [0.05, 0.1) is 24.1 Å². The Morgan fingerprint density at radius 1 is 1.25 bits per heavy atom. The van der Waals surface area contributed by atoms with Gasteiger partial charge < -0.3 is 11.1 Å². The van der Waals surface area contributed by atoms with E-state index in [-0.39, 0.29) is 0 Å². The monoisotopic (exact) mass is 213 g/mol. The van der Waals surface area contributed by atoms with Gasteiger partial charge >= 0.3 is 0 Å².